The van der Waals surface area contributed by atoms with Gasteiger partial charge in [-0.05, 0) is 41.4 Å². The smallest absolute Gasteiger partial charge is 0.261 e. The third-order valence-corrected chi connectivity index (χ3v) is 4.59. The second-order valence-corrected chi connectivity index (χ2v) is 6.14. The summed E-state index contributed by atoms with van der Waals surface area (Å²) in [5.41, 5.74) is 3.07. The van der Waals surface area contributed by atoms with Crippen LogP contribution in [0.3, 0.4) is 0 Å². The maximum atomic E-state index is 11.9. The van der Waals surface area contributed by atoms with Crippen LogP contribution in [0.1, 0.15) is 26.5 Å². The van der Waals surface area contributed by atoms with E-state index in [-0.39, 0.29) is 5.91 Å². The zero-order chi connectivity index (χ0) is 12.4. The van der Waals surface area contributed by atoms with E-state index in [0.717, 1.165) is 25.5 Å². The van der Waals surface area contributed by atoms with E-state index in [9.17, 15) is 4.79 Å². The Bertz CT molecular complexity index is 527. The summed E-state index contributed by atoms with van der Waals surface area (Å²) in [5, 5.41) is 9.62. The van der Waals surface area contributed by atoms with Crippen molar-refractivity contribution >= 4 is 33.2 Å². The second kappa shape index (κ2) is 5.01. The van der Waals surface area contributed by atoms with Gasteiger partial charge in [0, 0.05) is 17.8 Å². The lowest BCUT2D eigenvalue weighted by atomic mass is 10.2. The second-order valence-electron chi connectivity index (χ2n) is 3.77. The standard InChI is InChI=1S/C11H12BrN3OS/c1-6-3-9(17-10(6)12)11(16)13-4-8-5-14-15-7(8)2/h3,5H,4H2,1-2H3,(H,13,16)(H,14,15). The molecule has 2 aromatic heterocycles. The van der Waals surface area contributed by atoms with Crippen LogP contribution >= 0.6 is 27.3 Å². The van der Waals surface area contributed by atoms with Gasteiger partial charge in [0.25, 0.3) is 5.91 Å². The molecule has 2 rings (SSSR count). The first-order chi connectivity index (χ1) is 8.08. The normalized spacial score (nSPS) is 10.5. The first-order valence-corrected chi connectivity index (χ1v) is 6.72. The van der Waals surface area contributed by atoms with Gasteiger partial charge in [0.2, 0.25) is 0 Å². The average molecular weight is 314 g/mol. The number of nitrogens with one attached hydrogen (secondary N) is 2. The minimum absolute atomic E-state index is 0.0515. The van der Waals surface area contributed by atoms with E-state index in [2.05, 4.69) is 31.4 Å². The fourth-order valence-electron chi connectivity index (χ4n) is 1.39. The van der Waals surface area contributed by atoms with E-state index in [0.29, 0.717) is 6.54 Å². The number of aromatic amines is 1. The van der Waals surface area contributed by atoms with Crippen LogP contribution in [0.15, 0.2) is 16.0 Å². The highest BCUT2D eigenvalue weighted by Crippen LogP contribution is 2.27. The number of rotatable bonds is 3. The molecular weight excluding hydrogens is 302 g/mol. The minimum atomic E-state index is -0.0515. The number of nitrogens with zero attached hydrogens (tertiary/aromatic N) is 1. The van der Waals surface area contributed by atoms with Gasteiger partial charge in [-0.2, -0.15) is 5.10 Å². The maximum absolute atomic E-state index is 11.9. The van der Waals surface area contributed by atoms with Gasteiger partial charge in [-0.15, -0.1) is 11.3 Å². The highest BCUT2D eigenvalue weighted by molar-refractivity contribution is 9.11. The van der Waals surface area contributed by atoms with Crippen molar-refractivity contribution in [1.29, 1.82) is 0 Å². The van der Waals surface area contributed by atoms with E-state index in [1.807, 2.05) is 19.9 Å². The topological polar surface area (TPSA) is 57.8 Å². The van der Waals surface area contributed by atoms with Crippen molar-refractivity contribution in [3.8, 4) is 0 Å². The summed E-state index contributed by atoms with van der Waals surface area (Å²) in [6.45, 7) is 4.40. The van der Waals surface area contributed by atoms with Crippen LogP contribution in [0.2, 0.25) is 0 Å². The number of halogens is 1. The molecule has 17 heavy (non-hydrogen) atoms. The van der Waals surface area contributed by atoms with Crippen molar-refractivity contribution in [3.05, 3.63) is 37.7 Å². The maximum Gasteiger partial charge on any atom is 0.261 e. The minimum Gasteiger partial charge on any atom is -0.347 e. The summed E-state index contributed by atoms with van der Waals surface area (Å²) in [4.78, 5) is 12.6. The van der Waals surface area contributed by atoms with Gasteiger partial charge < -0.3 is 5.32 Å². The summed E-state index contributed by atoms with van der Waals surface area (Å²) in [5.74, 6) is -0.0515. The third-order valence-electron chi connectivity index (χ3n) is 2.45. The van der Waals surface area contributed by atoms with E-state index < -0.39 is 0 Å². The summed E-state index contributed by atoms with van der Waals surface area (Å²) in [6.07, 6.45) is 1.73. The summed E-state index contributed by atoms with van der Waals surface area (Å²) < 4.78 is 1.00. The van der Waals surface area contributed by atoms with Crippen molar-refractivity contribution in [2.45, 2.75) is 20.4 Å². The van der Waals surface area contributed by atoms with Crippen LogP contribution in [0.4, 0.5) is 0 Å². The predicted octanol–water partition coefficient (Wildman–Crippen LogP) is 2.78. The first-order valence-electron chi connectivity index (χ1n) is 5.11. The Morgan fingerprint density at radius 1 is 1.59 bits per heavy atom. The molecule has 0 spiro atoms. The van der Waals surface area contributed by atoms with Crippen LogP contribution in [-0.2, 0) is 6.54 Å². The number of hydrogen-bond acceptors (Lipinski definition) is 3. The van der Waals surface area contributed by atoms with Gasteiger partial charge >= 0.3 is 0 Å². The number of aromatic nitrogens is 2. The molecule has 0 radical (unpaired) electrons. The molecule has 0 unspecified atom stereocenters. The summed E-state index contributed by atoms with van der Waals surface area (Å²) >= 11 is 4.85. The summed E-state index contributed by atoms with van der Waals surface area (Å²) in [6, 6.07) is 1.88. The lowest BCUT2D eigenvalue weighted by molar-refractivity contribution is 0.0955. The number of carbonyl (C=O) groups excluding carboxylic acids is 1. The number of carbonyl (C=O) groups is 1. The molecule has 90 valence electrons. The fraction of sp³-hybridized carbons (Fsp3) is 0.273. The molecule has 0 fully saturated rings. The number of H-pyrrole nitrogens is 1. The molecule has 0 aromatic carbocycles. The van der Waals surface area contributed by atoms with E-state index >= 15 is 0 Å². The fourth-order valence-corrected chi connectivity index (χ4v) is 2.84. The molecule has 0 saturated carbocycles. The van der Waals surface area contributed by atoms with Gasteiger partial charge in [0.1, 0.15) is 0 Å². The summed E-state index contributed by atoms with van der Waals surface area (Å²) in [7, 11) is 0. The molecule has 0 aliphatic rings. The Balaban J connectivity index is 2.00. The van der Waals surface area contributed by atoms with E-state index in [1.165, 1.54) is 11.3 Å². The van der Waals surface area contributed by atoms with Gasteiger partial charge in [-0.25, -0.2) is 0 Å². The van der Waals surface area contributed by atoms with E-state index in [1.54, 1.807) is 6.20 Å². The number of thiophene rings is 1. The van der Waals surface area contributed by atoms with Crippen molar-refractivity contribution < 1.29 is 4.79 Å². The monoisotopic (exact) mass is 313 g/mol. The quantitative estimate of drug-likeness (QED) is 0.915. The molecule has 4 nitrogen and oxygen atoms in total. The van der Waals surface area contributed by atoms with Gasteiger partial charge in [-0.3, -0.25) is 9.89 Å². The molecule has 0 bridgehead atoms. The van der Waals surface area contributed by atoms with Gasteiger partial charge in [-0.1, -0.05) is 0 Å². The van der Waals surface area contributed by atoms with Crippen LogP contribution < -0.4 is 5.32 Å². The Labute approximate surface area is 112 Å². The predicted molar refractivity (Wildman–Crippen MR) is 71.3 cm³/mol. The van der Waals surface area contributed by atoms with Crippen molar-refractivity contribution in [1.82, 2.24) is 15.5 Å². The molecule has 2 aromatic rings. The molecule has 0 aliphatic carbocycles. The Morgan fingerprint density at radius 3 is 2.88 bits per heavy atom. The van der Waals surface area contributed by atoms with Crippen LogP contribution in [0, 0.1) is 13.8 Å². The molecule has 2 heterocycles. The first kappa shape index (κ1) is 12.3. The Hall–Kier alpha value is -1.14. The highest BCUT2D eigenvalue weighted by Gasteiger charge is 2.11. The third kappa shape index (κ3) is 2.76. The Kier molecular flexibility index (Phi) is 3.63. The molecule has 1 amide bonds. The molecular formula is C11H12BrN3OS. The largest absolute Gasteiger partial charge is 0.347 e. The number of hydrogen-bond donors (Lipinski definition) is 2. The zero-order valence-electron chi connectivity index (χ0n) is 9.50. The number of amides is 1. The molecule has 0 saturated heterocycles. The highest BCUT2D eigenvalue weighted by atomic mass is 79.9. The van der Waals surface area contributed by atoms with Crippen LogP contribution in [0.5, 0.6) is 0 Å². The molecule has 0 aliphatic heterocycles. The molecule has 2 N–H and O–H groups in total. The van der Waals surface area contributed by atoms with Crippen LogP contribution in [-0.4, -0.2) is 16.1 Å². The van der Waals surface area contributed by atoms with Gasteiger partial charge in [0.15, 0.2) is 0 Å². The van der Waals surface area contributed by atoms with Crippen molar-refractivity contribution in [2.24, 2.45) is 0 Å². The zero-order valence-corrected chi connectivity index (χ0v) is 11.9. The SMILES string of the molecule is Cc1cc(C(=O)NCc2cn[nH]c2C)sc1Br. The van der Waals surface area contributed by atoms with Crippen molar-refractivity contribution in [3.63, 3.8) is 0 Å². The van der Waals surface area contributed by atoms with Crippen molar-refractivity contribution in [2.75, 3.05) is 0 Å². The van der Waals surface area contributed by atoms with E-state index in [4.69, 9.17) is 0 Å². The number of aryl methyl sites for hydroxylation is 2. The van der Waals surface area contributed by atoms with Gasteiger partial charge in [0.05, 0.1) is 14.9 Å². The molecule has 0 atom stereocenters. The lowest BCUT2D eigenvalue weighted by Gasteiger charge is -2.01. The average Bonchev–Trinajstić information content (AvgIpc) is 2.83. The Morgan fingerprint density at radius 2 is 2.35 bits per heavy atom. The van der Waals surface area contributed by atoms with Crippen LogP contribution in [0.25, 0.3) is 0 Å². The lowest BCUT2D eigenvalue weighted by Crippen LogP contribution is -2.21. The molecule has 6 heteroatoms.